The van der Waals surface area contributed by atoms with Crippen molar-refractivity contribution < 1.29 is 9.50 Å². The zero-order chi connectivity index (χ0) is 12.6. The SMILES string of the molecule is Cc1cc(Br)c(C(O)c2ccc(F)cc2C)s1. The summed E-state index contributed by atoms with van der Waals surface area (Å²) in [5.74, 6) is -0.278. The van der Waals surface area contributed by atoms with Crippen LogP contribution in [0, 0.1) is 19.7 Å². The summed E-state index contributed by atoms with van der Waals surface area (Å²) in [5, 5.41) is 10.3. The topological polar surface area (TPSA) is 20.2 Å². The first-order chi connectivity index (χ1) is 7.99. The van der Waals surface area contributed by atoms with Crippen LogP contribution in [-0.2, 0) is 0 Å². The predicted octanol–water partition coefficient (Wildman–Crippen LogP) is 4.35. The van der Waals surface area contributed by atoms with Crippen molar-refractivity contribution in [3.05, 3.63) is 55.4 Å². The lowest BCUT2D eigenvalue weighted by molar-refractivity contribution is 0.222. The van der Waals surface area contributed by atoms with Gasteiger partial charge in [-0.1, -0.05) is 6.07 Å². The summed E-state index contributed by atoms with van der Waals surface area (Å²) in [6.45, 7) is 3.79. The van der Waals surface area contributed by atoms with E-state index in [0.29, 0.717) is 0 Å². The summed E-state index contributed by atoms with van der Waals surface area (Å²) in [7, 11) is 0. The van der Waals surface area contributed by atoms with E-state index in [1.54, 1.807) is 13.0 Å². The Morgan fingerprint density at radius 3 is 2.53 bits per heavy atom. The number of halogens is 2. The molecule has 17 heavy (non-hydrogen) atoms. The number of thiophene rings is 1. The van der Waals surface area contributed by atoms with Gasteiger partial charge in [0, 0.05) is 9.35 Å². The standard InChI is InChI=1S/C13H12BrFOS/c1-7-5-9(15)3-4-10(7)12(16)13-11(14)6-8(2)17-13/h3-6,12,16H,1-2H3. The number of aliphatic hydroxyl groups is 1. The fourth-order valence-corrected chi connectivity index (χ4v) is 3.65. The summed E-state index contributed by atoms with van der Waals surface area (Å²) < 4.78 is 13.9. The third-order valence-electron chi connectivity index (χ3n) is 2.61. The molecule has 0 radical (unpaired) electrons. The fourth-order valence-electron chi connectivity index (χ4n) is 1.77. The molecule has 0 saturated carbocycles. The van der Waals surface area contributed by atoms with Crippen LogP contribution in [0.3, 0.4) is 0 Å². The summed E-state index contributed by atoms with van der Waals surface area (Å²) in [6, 6.07) is 6.42. The molecule has 1 atom stereocenters. The van der Waals surface area contributed by atoms with Crippen LogP contribution in [0.4, 0.5) is 4.39 Å². The summed E-state index contributed by atoms with van der Waals surface area (Å²) in [5.41, 5.74) is 1.50. The van der Waals surface area contributed by atoms with Crippen LogP contribution in [0.25, 0.3) is 0 Å². The zero-order valence-corrected chi connectivity index (χ0v) is 11.9. The summed E-state index contributed by atoms with van der Waals surface area (Å²) >= 11 is 4.97. The van der Waals surface area contributed by atoms with Crippen molar-refractivity contribution in [3.8, 4) is 0 Å². The van der Waals surface area contributed by atoms with Crippen molar-refractivity contribution in [2.24, 2.45) is 0 Å². The molecule has 0 aliphatic carbocycles. The Morgan fingerprint density at radius 2 is 2.00 bits per heavy atom. The van der Waals surface area contributed by atoms with Crippen molar-refractivity contribution in [2.45, 2.75) is 20.0 Å². The highest BCUT2D eigenvalue weighted by Crippen LogP contribution is 2.36. The van der Waals surface area contributed by atoms with Crippen LogP contribution in [0.15, 0.2) is 28.7 Å². The monoisotopic (exact) mass is 314 g/mol. The zero-order valence-electron chi connectivity index (χ0n) is 9.50. The van der Waals surface area contributed by atoms with Gasteiger partial charge in [0.15, 0.2) is 0 Å². The molecule has 1 N–H and O–H groups in total. The molecule has 0 saturated heterocycles. The van der Waals surface area contributed by atoms with E-state index in [1.165, 1.54) is 23.5 Å². The van der Waals surface area contributed by atoms with Gasteiger partial charge in [0.2, 0.25) is 0 Å². The lowest BCUT2D eigenvalue weighted by Gasteiger charge is -2.13. The van der Waals surface area contributed by atoms with Gasteiger partial charge in [-0.2, -0.15) is 0 Å². The van der Waals surface area contributed by atoms with E-state index in [4.69, 9.17) is 0 Å². The van der Waals surface area contributed by atoms with E-state index < -0.39 is 6.10 Å². The Kier molecular flexibility index (Phi) is 3.66. The molecule has 0 bridgehead atoms. The van der Waals surface area contributed by atoms with E-state index in [-0.39, 0.29) is 5.82 Å². The van der Waals surface area contributed by atoms with Crippen molar-refractivity contribution in [3.63, 3.8) is 0 Å². The number of aryl methyl sites for hydroxylation is 2. The maximum absolute atomic E-state index is 13.0. The molecule has 0 fully saturated rings. The Hall–Kier alpha value is -0.710. The molecule has 2 aromatic rings. The van der Waals surface area contributed by atoms with Crippen LogP contribution in [0.5, 0.6) is 0 Å². The first-order valence-electron chi connectivity index (χ1n) is 5.19. The number of aliphatic hydroxyl groups excluding tert-OH is 1. The molecule has 2 rings (SSSR count). The molecule has 0 aliphatic rings. The normalized spacial score (nSPS) is 12.8. The Bertz CT molecular complexity index is 550. The summed E-state index contributed by atoms with van der Waals surface area (Å²) in [6.07, 6.45) is -0.705. The third kappa shape index (κ3) is 2.59. The molecule has 1 aromatic carbocycles. The number of benzene rings is 1. The number of rotatable bonds is 2. The quantitative estimate of drug-likeness (QED) is 0.873. The Balaban J connectivity index is 2.43. The lowest BCUT2D eigenvalue weighted by Crippen LogP contribution is -2.01. The van der Waals surface area contributed by atoms with E-state index in [1.807, 2.05) is 13.0 Å². The molecule has 1 aromatic heterocycles. The smallest absolute Gasteiger partial charge is 0.123 e. The maximum atomic E-state index is 13.0. The van der Waals surface area contributed by atoms with Gasteiger partial charge in [-0.25, -0.2) is 4.39 Å². The van der Waals surface area contributed by atoms with Gasteiger partial charge in [-0.15, -0.1) is 11.3 Å². The van der Waals surface area contributed by atoms with Crippen LogP contribution in [0.2, 0.25) is 0 Å². The minimum atomic E-state index is -0.705. The molecular weight excluding hydrogens is 303 g/mol. The lowest BCUT2D eigenvalue weighted by atomic mass is 10.0. The average Bonchev–Trinajstić information content (AvgIpc) is 2.57. The van der Waals surface area contributed by atoms with Gasteiger partial charge in [-0.3, -0.25) is 0 Å². The largest absolute Gasteiger partial charge is 0.383 e. The maximum Gasteiger partial charge on any atom is 0.123 e. The predicted molar refractivity (Wildman–Crippen MR) is 72.0 cm³/mol. The van der Waals surface area contributed by atoms with Crippen molar-refractivity contribution in [2.75, 3.05) is 0 Å². The van der Waals surface area contributed by atoms with Crippen LogP contribution in [-0.4, -0.2) is 5.11 Å². The first-order valence-corrected chi connectivity index (χ1v) is 6.80. The minimum Gasteiger partial charge on any atom is -0.383 e. The number of hydrogen-bond donors (Lipinski definition) is 1. The van der Waals surface area contributed by atoms with Crippen molar-refractivity contribution >= 4 is 27.3 Å². The van der Waals surface area contributed by atoms with Crippen LogP contribution < -0.4 is 0 Å². The number of hydrogen-bond acceptors (Lipinski definition) is 2. The van der Waals surface area contributed by atoms with Gasteiger partial charge < -0.3 is 5.11 Å². The second-order valence-electron chi connectivity index (χ2n) is 3.97. The van der Waals surface area contributed by atoms with E-state index in [2.05, 4.69) is 15.9 Å². The molecule has 0 aliphatic heterocycles. The van der Waals surface area contributed by atoms with E-state index in [0.717, 1.165) is 25.4 Å². The second kappa shape index (κ2) is 4.88. The van der Waals surface area contributed by atoms with Gasteiger partial charge in [0.25, 0.3) is 0 Å². The molecule has 0 amide bonds. The Labute approximate surface area is 112 Å². The van der Waals surface area contributed by atoms with Gasteiger partial charge in [0.1, 0.15) is 11.9 Å². The molecule has 4 heteroatoms. The van der Waals surface area contributed by atoms with Gasteiger partial charge >= 0.3 is 0 Å². The molecule has 1 nitrogen and oxygen atoms in total. The highest BCUT2D eigenvalue weighted by Gasteiger charge is 2.18. The van der Waals surface area contributed by atoms with Crippen LogP contribution in [0.1, 0.15) is 27.0 Å². The second-order valence-corrected chi connectivity index (χ2v) is 6.11. The van der Waals surface area contributed by atoms with Gasteiger partial charge in [0.05, 0.1) is 4.88 Å². The third-order valence-corrected chi connectivity index (χ3v) is 4.63. The Morgan fingerprint density at radius 1 is 1.29 bits per heavy atom. The molecular formula is C13H12BrFOS. The van der Waals surface area contributed by atoms with E-state index >= 15 is 0 Å². The molecule has 0 spiro atoms. The minimum absolute atomic E-state index is 0.278. The highest BCUT2D eigenvalue weighted by atomic mass is 79.9. The fraction of sp³-hybridized carbons (Fsp3) is 0.231. The van der Waals surface area contributed by atoms with Crippen LogP contribution >= 0.6 is 27.3 Å². The van der Waals surface area contributed by atoms with E-state index in [9.17, 15) is 9.50 Å². The average molecular weight is 315 g/mol. The van der Waals surface area contributed by atoms with Gasteiger partial charge in [-0.05, 0) is 59.1 Å². The van der Waals surface area contributed by atoms with Crippen molar-refractivity contribution in [1.82, 2.24) is 0 Å². The summed E-state index contributed by atoms with van der Waals surface area (Å²) in [4.78, 5) is 1.99. The molecule has 1 heterocycles. The molecule has 1 unspecified atom stereocenters. The molecule has 90 valence electrons. The highest BCUT2D eigenvalue weighted by molar-refractivity contribution is 9.10. The van der Waals surface area contributed by atoms with Crippen molar-refractivity contribution in [1.29, 1.82) is 0 Å². The first kappa shape index (κ1) is 12.7.